The zero-order valence-electron chi connectivity index (χ0n) is 11.5. The molecule has 0 aromatic carbocycles. The minimum Gasteiger partial charge on any atom is -0.395 e. The van der Waals surface area contributed by atoms with Crippen LogP contribution in [0.1, 0.15) is 38.4 Å². The smallest absolute Gasteiger partial charge is 0.0926 e. The molecule has 1 atom stereocenters. The fourth-order valence-corrected chi connectivity index (χ4v) is 2.76. The standard InChI is InChI=1S/C13H24N2OS/c1-6-12-14-10(9-17-12)7-15(5)11(8-16)13(2,3)4/h9,11,16H,6-8H2,1-5H3. The van der Waals surface area contributed by atoms with Gasteiger partial charge in [0.2, 0.25) is 0 Å². The number of aliphatic hydroxyl groups excluding tert-OH is 1. The Morgan fingerprint density at radius 3 is 2.53 bits per heavy atom. The summed E-state index contributed by atoms with van der Waals surface area (Å²) in [5.74, 6) is 0. The first-order valence-electron chi connectivity index (χ1n) is 6.12. The van der Waals surface area contributed by atoms with Crippen molar-refractivity contribution in [2.75, 3.05) is 13.7 Å². The van der Waals surface area contributed by atoms with Gasteiger partial charge in [0.15, 0.2) is 0 Å². The van der Waals surface area contributed by atoms with E-state index in [4.69, 9.17) is 0 Å². The summed E-state index contributed by atoms with van der Waals surface area (Å²) in [6.45, 7) is 9.58. The SMILES string of the molecule is CCc1nc(CN(C)C(CO)C(C)(C)C)cs1. The second-order valence-corrected chi connectivity index (χ2v) is 6.51. The number of aromatic nitrogens is 1. The zero-order chi connectivity index (χ0) is 13.1. The lowest BCUT2D eigenvalue weighted by atomic mass is 9.86. The number of hydrogen-bond donors (Lipinski definition) is 1. The molecular weight excluding hydrogens is 232 g/mol. The Balaban J connectivity index is 2.67. The minimum absolute atomic E-state index is 0.0765. The van der Waals surface area contributed by atoms with Gasteiger partial charge in [-0.2, -0.15) is 0 Å². The van der Waals surface area contributed by atoms with Crippen LogP contribution in [0.5, 0.6) is 0 Å². The summed E-state index contributed by atoms with van der Waals surface area (Å²) in [7, 11) is 2.05. The summed E-state index contributed by atoms with van der Waals surface area (Å²) in [5.41, 5.74) is 1.18. The molecule has 4 heteroatoms. The highest BCUT2D eigenvalue weighted by molar-refractivity contribution is 7.09. The van der Waals surface area contributed by atoms with Gasteiger partial charge < -0.3 is 5.11 Å². The van der Waals surface area contributed by atoms with Crippen molar-refractivity contribution in [1.29, 1.82) is 0 Å². The highest BCUT2D eigenvalue weighted by Gasteiger charge is 2.27. The molecule has 0 amide bonds. The molecule has 0 spiro atoms. The van der Waals surface area contributed by atoms with E-state index in [-0.39, 0.29) is 18.1 Å². The molecule has 98 valence electrons. The molecule has 1 heterocycles. The molecule has 1 N–H and O–H groups in total. The molecule has 17 heavy (non-hydrogen) atoms. The maximum absolute atomic E-state index is 9.50. The van der Waals surface area contributed by atoms with Crippen molar-refractivity contribution in [3.63, 3.8) is 0 Å². The molecule has 0 bridgehead atoms. The van der Waals surface area contributed by atoms with Crippen LogP contribution in [0.2, 0.25) is 0 Å². The Morgan fingerprint density at radius 1 is 1.47 bits per heavy atom. The Morgan fingerprint density at radius 2 is 2.12 bits per heavy atom. The topological polar surface area (TPSA) is 36.4 Å². The molecule has 0 aliphatic rings. The summed E-state index contributed by atoms with van der Waals surface area (Å²) in [4.78, 5) is 6.75. The molecule has 0 radical (unpaired) electrons. The quantitative estimate of drug-likeness (QED) is 0.879. The first-order valence-corrected chi connectivity index (χ1v) is 7.00. The maximum Gasteiger partial charge on any atom is 0.0926 e. The Hall–Kier alpha value is -0.450. The molecule has 0 saturated heterocycles. The Labute approximate surface area is 108 Å². The van der Waals surface area contributed by atoms with Gasteiger partial charge >= 0.3 is 0 Å². The van der Waals surface area contributed by atoms with Gasteiger partial charge in [-0.15, -0.1) is 11.3 Å². The molecule has 1 aromatic heterocycles. The van der Waals surface area contributed by atoms with Crippen molar-refractivity contribution in [3.8, 4) is 0 Å². The molecule has 0 aliphatic heterocycles. The predicted octanol–water partition coefficient (Wildman–Crippen LogP) is 2.54. The van der Waals surface area contributed by atoms with E-state index in [0.717, 1.165) is 18.7 Å². The van der Waals surface area contributed by atoms with Crippen molar-refractivity contribution in [1.82, 2.24) is 9.88 Å². The van der Waals surface area contributed by atoms with Crippen molar-refractivity contribution in [2.45, 2.75) is 46.7 Å². The van der Waals surface area contributed by atoms with Crippen molar-refractivity contribution < 1.29 is 5.11 Å². The molecule has 3 nitrogen and oxygen atoms in total. The van der Waals surface area contributed by atoms with E-state index in [1.54, 1.807) is 11.3 Å². The average molecular weight is 256 g/mol. The van der Waals surface area contributed by atoms with Gasteiger partial charge in [-0.3, -0.25) is 4.90 Å². The first-order chi connectivity index (χ1) is 7.88. The van der Waals surface area contributed by atoms with Crippen LogP contribution < -0.4 is 0 Å². The van der Waals surface area contributed by atoms with Gasteiger partial charge in [0.25, 0.3) is 0 Å². The van der Waals surface area contributed by atoms with Crippen molar-refractivity contribution in [3.05, 3.63) is 16.1 Å². The van der Waals surface area contributed by atoms with E-state index in [9.17, 15) is 5.11 Å². The van der Waals surface area contributed by atoms with E-state index in [0.29, 0.717) is 0 Å². The number of likely N-dealkylation sites (N-methyl/N-ethyl adjacent to an activating group) is 1. The van der Waals surface area contributed by atoms with Gasteiger partial charge in [-0.05, 0) is 18.9 Å². The molecular formula is C13H24N2OS. The zero-order valence-corrected chi connectivity index (χ0v) is 12.3. The highest BCUT2D eigenvalue weighted by atomic mass is 32.1. The summed E-state index contributed by atoms with van der Waals surface area (Å²) in [6, 6.07) is 0.161. The van der Waals surface area contributed by atoms with Crippen LogP contribution in [-0.4, -0.2) is 34.7 Å². The van der Waals surface area contributed by atoms with Gasteiger partial charge in [-0.1, -0.05) is 27.7 Å². The fraction of sp³-hybridized carbons (Fsp3) is 0.769. The van der Waals surface area contributed by atoms with Gasteiger partial charge in [-0.25, -0.2) is 4.98 Å². The van der Waals surface area contributed by atoms with Crippen molar-refractivity contribution in [2.24, 2.45) is 5.41 Å². The number of thiazole rings is 1. The lowest BCUT2D eigenvalue weighted by Gasteiger charge is -2.36. The molecule has 0 saturated carbocycles. The largest absolute Gasteiger partial charge is 0.395 e. The third kappa shape index (κ3) is 4.05. The molecule has 0 aliphatic carbocycles. The molecule has 0 fully saturated rings. The summed E-state index contributed by atoms with van der Waals surface area (Å²) in [6.07, 6.45) is 0.997. The third-order valence-corrected chi connectivity index (χ3v) is 4.06. The molecule has 1 unspecified atom stereocenters. The second-order valence-electron chi connectivity index (χ2n) is 5.57. The highest BCUT2D eigenvalue weighted by Crippen LogP contribution is 2.24. The molecule has 1 aromatic rings. The average Bonchev–Trinajstić information content (AvgIpc) is 2.64. The van der Waals surface area contributed by atoms with E-state index < -0.39 is 0 Å². The Bertz CT molecular complexity index is 343. The van der Waals surface area contributed by atoms with Crippen LogP contribution in [0.25, 0.3) is 0 Å². The van der Waals surface area contributed by atoms with E-state index in [1.165, 1.54) is 5.01 Å². The van der Waals surface area contributed by atoms with Crippen LogP contribution in [0.4, 0.5) is 0 Å². The predicted molar refractivity (Wildman–Crippen MR) is 73.3 cm³/mol. The van der Waals surface area contributed by atoms with Crippen LogP contribution in [0, 0.1) is 5.41 Å². The maximum atomic E-state index is 9.50. The monoisotopic (exact) mass is 256 g/mol. The van der Waals surface area contributed by atoms with Crippen LogP contribution >= 0.6 is 11.3 Å². The van der Waals surface area contributed by atoms with Crippen LogP contribution in [0.15, 0.2) is 5.38 Å². The normalized spacial score (nSPS) is 14.3. The minimum atomic E-state index is 0.0765. The van der Waals surface area contributed by atoms with Crippen molar-refractivity contribution >= 4 is 11.3 Å². The van der Waals surface area contributed by atoms with Gasteiger partial charge in [0.1, 0.15) is 0 Å². The van der Waals surface area contributed by atoms with Gasteiger partial charge in [0, 0.05) is 18.0 Å². The summed E-state index contributed by atoms with van der Waals surface area (Å²) < 4.78 is 0. The summed E-state index contributed by atoms with van der Waals surface area (Å²) in [5, 5.41) is 12.8. The lowest BCUT2D eigenvalue weighted by molar-refractivity contribution is 0.0607. The third-order valence-electron chi connectivity index (χ3n) is 3.02. The van der Waals surface area contributed by atoms with E-state index in [2.05, 4.69) is 50.0 Å². The number of hydrogen-bond acceptors (Lipinski definition) is 4. The summed E-state index contributed by atoms with van der Waals surface area (Å²) >= 11 is 1.72. The van der Waals surface area contributed by atoms with E-state index in [1.807, 2.05) is 0 Å². The Kier molecular flexibility index (Phi) is 5.10. The van der Waals surface area contributed by atoms with E-state index >= 15 is 0 Å². The number of aliphatic hydroxyl groups is 1. The number of rotatable bonds is 5. The number of aryl methyl sites for hydroxylation is 1. The van der Waals surface area contributed by atoms with Gasteiger partial charge in [0.05, 0.1) is 17.3 Å². The van der Waals surface area contributed by atoms with Crippen LogP contribution in [0.3, 0.4) is 0 Å². The van der Waals surface area contributed by atoms with Crippen LogP contribution in [-0.2, 0) is 13.0 Å². The number of nitrogens with zero attached hydrogens (tertiary/aromatic N) is 2. The second kappa shape index (κ2) is 5.94. The fourth-order valence-electron chi connectivity index (χ4n) is 2.02. The molecule has 1 rings (SSSR count). The first kappa shape index (κ1) is 14.6. The lowest BCUT2D eigenvalue weighted by Crippen LogP contribution is -2.44.